The molecule has 0 aliphatic rings. The first-order valence-electron chi connectivity index (χ1n) is 18.6. The lowest BCUT2D eigenvalue weighted by Gasteiger charge is -2.21. The van der Waals surface area contributed by atoms with Crippen LogP contribution in [0.25, 0.3) is 0 Å². The summed E-state index contributed by atoms with van der Waals surface area (Å²) in [7, 11) is -3.73. The van der Waals surface area contributed by atoms with Crippen molar-refractivity contribution in [1.29, 1.82) is 0 Å². The fraction of sp³-hybridized carbons (Fsp3) is 0.842. The predicted octanol–water partition coefficient (Wildman–Crippen LogP) is 13.5. The zero-order valence-corrected chi connectivity index (χ0v) is 30.8. The van der Waals surface area contributed by atoms with Crippen LogP contribution in [0.3, 0.4) is 0 Å². The Hall–Kier alpha value is -1.03. The van der Waals surface area contributed by atoms with E-state index in [1.54, 1.807) is 0 Å². The van der Waals surface area contributed by atoms with Crippen molar-refractivity contribution in [2.24, 2.45) is 5.92 Å². The van der Waals surface area contributed by atoms with E-state index in [0.29, 0.717) is 25.6 Å². The van der Waals surface area contributed by atoms with Crippen molar-refractivity contribution in [2.45, 2.75) is 183 Å². The molecule has 1 aromatic carbocycles. The van der Waals surface area contributed by atoms with E-state index >= 15 is 0 Å². The van der Waals surface area contributed by atoms with Crippen molar-refractivity contribution in [3.63, 3.8) is 0 Å². The molecule has 6 heteroatoms. The van der Waals surface area contributed by atoms with Crippen molar-refractivity contribution in [3.05, 3.63) is 23.3 Å². The number of hydrogen-bond acceptors (Lipinski definition) is 5. The molecule has 44 heavy (non-hydrogen) atoms. The minimum atomic E-state index is -3.73. The van der Waals surface area contributed by atoms with E-state index in [4.69, 9.17) is 18.3 Å². The summed E-state index contributed by atoms with van der Waals surface area (Å²) in [6, 6.07) is 3.91. The summed E-state index contributed by atoms with van der Waals surface area (Å²) in [6.07, 6.45) is 26.7. The molecule has 0 radical (unpaired) electrons. The molecule has 0 fully saturated rings. The Morgan fingerprint density at radius 2 is 0.932 bits per heavy atom. The van der Waals surface area contributed by atoms with Gasteiger partial charge in [-0.15, -0.1) is 0 Å². The maximum absolute atomic E-state index is 13.8. The zero-order chi connectivity index (χ0) is 32.3. The van der Waals surface area contributed by atoms with E-state index in [9.17, 15) is 4.57 Å². The lowest BCUT2D eigenvalue weighted by molar-refractivity contribution is 0.150. The second-order valence-corrected chi connectivity index (χ2v) is 14.9. The van der Waals surface area contributed by atoms with E-state index in [1.165, 1.54) is 109 Å². The fourth-order valence-corrected chi connectivity index (χ4v) is 6.74. The van der Waals surface area contributed by atoms with Gasteiger partial charge in [-0.1, -0.05) is 150 Å². The molecule has 0 unspecified atom stereocenters. The highest BCUT2D eigenvalue weighted by atomic mass is 31.2. The molecular weight excluding hydrogens is 567 g/mol. The molecule has 0 atom stereocenters. The minimum absolute atomic E-state index is 0.389. The monoisotopic (exact) mass is 639 g/mol. The van der Waals surface area contributed by atoms with Gasteiger partial charge in [-0.2, -0.15) is 0 Å². The van der Waals surface area contributed by atoms with Crippen LogP contribution in [0.2, 0.25) is 0 Å². The lowest BCUT2D eigenvalue weighted by atomic mass is 10.0. The molecule has 0 saturated heterocycles. The minimum Gasteiger partial charge on any atom is -0.493 e. The maximum atomic E-state index is 13.8. The highest BCUT2D eigenvalue weighted by Crippen LogP contribution is 2.51. The molecule has 0 aromatic heterocycles. The fourth-order valence-electron chi connectivity index (χ4n) is 5.42. The number of unbranched alkanes of at least 4 members (excludes halogenated alkanes) is 18. The van der Waals surface area contributed by atoms with Crippen LogP contribution < -0.4 is 9.26 Å². The van der Waals surface area contributed by atoms with Gasteiger partial charge in [0.25, 0.3) is 0 Å². The van der Waals surface area contributed by atoms with Gasteiger partial charge in [-0.3, -0.25) is 9.05 Å². The second kappa shape index (κ2) is 27.1. The van der Waals surface area contributed by atoms with Crippen LogP contribution in [0, 0.1) is 19.8 Å². The van der Waals surface area contributed by atoms with Gasteiger partial charge in [-0.05, 0) is 62.3 Å². The van der Waals surface area contributed by atoms with E-state index in [2.05, 4.69) is 27.7 Å². The molecule has 0 heterocycles. The number of phosphoric ester groups is 1. The average molecular weight is 639 g/mol. The first-order valence-corrected chi connectivity index (χ1v) is 20.1. The van der Waals surface area contributed by atoms with Crippen LogP contribution in [-0.4, -0.2) is 19.8 Å². The smallest absolute Gasteiger partial charge is 0.493 e. The normalized spacial score (nSPS) is 11.9. The SMILES string of the molecule is CCCCCCCCCCOP(=O)(OCCCCCCCCCC)Oc1cc(C)c(OCCCCCCCC(C)C)cc1C. The highest BCUT2D eigenvalue weighted by molar-refractivity contribution is 7.48. The van der Waals surface area contributed by atoms with Gasteiger partial charge in [0.2, 0.25) is 0 Å². The number of phosphoric acid groups is 1. The summed E-state index contributed by atoms with van der Waals surface area (Å²) in [5, 5.41) is 0. The number of hydrogen-bond donors (Lipinski definition) is 0. The highest BCUT2D eigenvalue weighted by Gasteiger charge is 2.29. The summed E-state index contributed by atoms with van der Waals surface area (Å²) in [5.74, 6) is 2.22. The zero-order valence-electron chi connectivity index (χ0n) is 29.9. The van der Waals surface area contributed by atoms with Gasteiger partial charge in [-0.25, -0.2) is 4.57 Å². The van der Waals surface area contributed by atoms with Gasteiger partial charge >= 0.3 is 7.82 Å². The summed E-state index contributed by atoms with van der Waals surface area (Å²) in [4.78, 5) is 0. The number of ether oxygens (including phenoxy) is 1. The van der Waals surface area contributed by atoms with Crippen molar-refractivity contribution >= 4 is 7.82 Å². The molecule has 258 valence electrons. The molecule has 0 saturated carbocycles. The Labute approximate surface area is 273 Å². The van der Waals surface area contributed by atoms with Gasteiger partial charge in [0.1, 0.15) is 11.5 Å². The Bertz CT molecular complexity index is 830. The van der Waals surface area contributed by atoms with E-state index in [0.717, 1.165) is 54.9 Å². The number of benzene rings is 1. The molecular formula is C38H71O5P. The van der Waals surface area contributed by atoms with E-state index in [1.807, 2.05) is 26.0 Å². The molecule has 0 N–H and O–H groups in total. The van der Waals surface area contributed by atoms with Crippen LogP contribution >= 0.6 is 7.82 Å². The van der Waals surface area contributed by atoms with Gasteiger partial charge in [0.15, 0.2) is 0 Å². The Balaban J connectivity index is 2.59. The molecule has 0 amide bonds. The third-order valence-electron chi connectivity index (χ3n) is 8.36. The third kappa shape index (κ3) is 21.7. The molecule has 1 aromatic rings. The van der Waals surface area contributed by atoms with Crippen molar-refractivity contribution in [3.8, 4) is 11.5 Å². The molecule has 0 aliphatic heterocycles. The Morgan fingerprint density at radius 1 is 0.545 bits per heavy atom. The second-order valence-electron chi connectivity index (χ2n) is 13.3. The molecule has 5 nitrogen and oxygen atoms in total. The average Bonchev–Trinajstić information content (AvgIpc) is 2.99. The Kier molecular flexibility index (Phi) is 25.3. The van der Waals surface area contributed by atoms with E-state index < -0.39 is 7.82 Å². The largest absolute Gasteiger partial charge is 0.530 e. The van der Waals surface area contributed by atoms with Gasteiger partial charge in [0, 0.05) is 0 Å². The lowest BCUT2D eigenvalue weighted by Crippen LogP contribution is -2.07. The molecule has 1 rings (SSSR count). The van der Waals surface area contributed by atoms with Gasteiger partial charge < -0.3 is 9.26 Å². The van der Waals surface area contributed by atoms with Crippen LogP contribution in [0.15, 0.2) is 12.1 Å². The third-order valence-corrected chi connectivity index (χ3v) is 9.78. The number of aryl methyl sites for hydroxylation is 2. The Morgan fingerprint density at radius 3 is 1.41 bits per heavy atom. The molecule has 0 spiro atoms. The topological polar surface area (TPSA) is 54.0 Å². The number of rotatable bonds is 31. The molecule has 0 bridgehead atoms. The first kappa shape index (κ1) is 41.0. The maximum Gasteiger partial charge on any atom is 0.530 e. The molecule has 0 aliphatic carbocycles. The summed E-state index contributed by atoms with van der Waals surface area (Å²) in [5.41, 5.74) is 1.85. The first-order chi connectivity index (χ1) is 21.3. The van der Waals surface area contributed by atoms with Gasteiger partial charge in [0.05, 0.1) is 19.8 Å². The van der Waals surface area contributed by atoms with Crippen LogP contribution in [0.5, 0.6) is 11.5 Å². The van der Waals surface area contributed by atoms with Crippen LogP contribution in [-0.2, 0) is 13.6 Å². The summed E-state index contributed by atoms with van der Waals surface area (Å²) >= 11 is 0. The predicted molar refractivity (Wildman–Crippen MR) is 189 cm³/mol. The van der Waals surface area contributed by atoms with Crippen molar-refractivity contribution < 1.29 is 22.9 Å². The quantitative estimate of drug-likeness (QED) is 0.0598. The van der Waals surface area contributed by atoms with Crippen LogP contribution in [0.4, 0.5) is 0 Å². The van der Waals surface area contributed by atoms with Crippen LogP contribution in [0.1, 0.15) is 180 Å². The van der Waals surface area contributed by atoms with Crippen molar-refractivity contribution in [1.82, 2.24) is 0 Å². The standard InChI is InChI=1S/C38H71O5P/c1-7-9-11-13-15-17-22-26-30-41-44(39,42-31-27-23-18-16-14-12-10-8-2)43-38-33-35(5)37(32-36(38)6)40-29-25-21-19-20-24-28-34(3)4/h32-34H,7-31H2,1-6H3. The summed E-state index contributed by atoms with van der Waals surface area (Å²) < 4.78 is 37.8. The summed E-state index contributed by atoms with van der Waals surface area (Å²) in [6.45, 7) is 14.6. The van der Waals surface area contributed by atoms with E-state index in [-0.39, 0.29) is 0 Å². The van der Waals surface area contributed by atoms with Crippen molar-refractivity contribution in [2.75, 3.05) is 19.8 Å².